The molecule has 0 amide bonds. The molecule has 0 bridgehead atoms. The number of fused-ring (bicyclic) bond motifs is 1. The molecule has 1 atom stereocenters. The Morgan fingerprint density at radius 2 is 2.10 bits per heavy atom. The molecule has 21 heavy (non-hydrogen) atoms. The molecule has 3 nitrogen and oxygen atoms in total. The maximum Gasteiger partial charge on any atom is 0.198 e. The molecule has 0 aromatic heterocycles. The van der Waals surface area contributed by atoms with Crippen molar-refractivity contribution in [3.8, 4) is 0 Å². The van der Waals surface area contributed by atoms with Crippen LogP contribution in [0.5, 0.6) is 0 Å². The second-order valence-corrected chi connectivity index (χ2v) is 5.84. The van der Waals surface area contributed by atoms with Crippen molar-refractivity contribution < 1.29 is 0 Å². The molecule has 0 radical (unpaired) electrons. The third-order valence-electron chi connectivity index (χ3n) is 3.18. The van der Waals surface area contributed by atoms with Crippen LogP contribution in [0.15, 0.2) is 52.5 Å². The highest BCUT2D eigenvalue weighted by Gasteiger charge is 2.24. The summed E-state index contributed by atoms with van der Waals surface area (Å²) in [6.45, 7) is 0.503. The summed E-state index contributed by atoms with van der Waals surface area (Å²) < 4.78 is 0. The first-order chi connectivity index (χ1) is 10.1. The SMILES string of the molecule is S=C1N=C2C=CC=CC2C(=NCc2ccc(Cl)c(Cl)c2)N1. The summed E-state index contributed by atoms with van der Waals surface area (Å²) in [6.07, 6.45) is 7.92. The zero-order valence-corrected chi connectivity index (χ0v) is 13.2. The van der Waals surface area contributed by atoms with Crippen molar-refractivity contribution in [2.24, 2.45) is 15.9 Å². The summed E-state index contributed by atoms with van der Waals surface area (Å²) in [5, 5.41) is 4.57. The number of amidine groups is 1. The highest BCUT2D eigenvalue weighted by molar-refractivity contribution is 7.80. The molecule has 1 aromatic carbocycles. The number of hydrogen-bond acceptors (Lipinski definition) is 2. The first-order valence-electron chi connectivity index (χ1n) is 6.36. The lowest BCUT2D eigenvalue weighted by atomic mass is 9.96. The van der Waals surface area contributed by atoms with Crippen LogP contribution >= 0.6 is 35.4 Å². The molecule has 1 N–H and O–H groups in total. The molecule has 1 unspecified atom stereocenters. The number of hydrogen-bond donors (Lipinski definition) is 1. The van der Waals surface area contributed by atoms with Gasteiger partial charge in [0.05, 0.1) is 28.2 Å². The van der Waals surface area contributed by atoms with Gasteiger partial charge < -0.3 is 5.32 Å². The summed E-state index contributed by atoms with van der Waals surface area (Å²) in [6, 6.07) is 5.50. The van der Waals surface area contributed by atoms with Gasteiger partial charge >= 0.3 is 0 Å². The average molecular weight is 336 g/mol. The molecule has 1 aromatic rings. The van der Waals surface area contributed by atoms with Crippen molar-refractivity contribution >= 4 is 52.1 Å². The van der Waals surface area contributed by atoms with Gasteiger partial charge in [-0.15, -0.1) is 0 Å². The van der Waals surface area contributed by atoms with E-state index in [0.717, 1.165) is 17.1 Å². The lowest BCUT2D eigenvalue weighted by Crippen LogP contribution is -2.42. The van der Waals surface area contributed by atoms with E-state index in [1.54, 1.807) is 6.07 Å². The number of aliphatic imine (C=N–C) groups is 2. The molecule has 1 heterocycles. The normalized spacial score (nSPS) is 22.0. The molecule has 0 spiro atoms. The maximum absolute atomic E-state index is 6.01. The third kappa shape index (κ3) is 3.23. The fourth-order valence-corrected chi connectivity index (χ4v) is 2.69. The molecular weight excluding hydrogens is 325 g/mol. The average Bonchev–Trinajstić information content (AvgIpc) is 2.48. The number of nitrogens with one attached hydrogen (secondary N) is 1. The monoisotopic (exact) mass is 335 g/mol. The Kier molecular flexibility index (Phi) is 4.19. The van der Waals surface area contributed by atoms with E-state index < -0.39 is 0 Å². The molecule has 2 aliphatic rings. The second kappa shape index (κ2) is 6.10. The predicted octanol–water partition coefficient (Wildman–Crippen LogP) is 3.96. The Hall–Kier alpha value is -1.49. The maximum atomic E-state index is 6.01. The zero-order chi connectivity index (χ0) is 14.8. The minimum Gasteiger partial charge on any atom is -0.319 e. The molecule has 0 saturated heterocycles. The summed E-state index contributed by atoms with van der Waals surface area (Å²) >= 11 is 17.1. The highest BCUT2D eigenvalue weighted by atomic mass is 35.5. The van der Waals surface area contributed by atoms with Gasteiger partial charge in [0.15, 0.2) is 5.11 Å². The minimum atomic E-state index is 0.0319. The van der Waals surface area contributed by atoms with Crippen molar-refractivity contribution in [2.75, 3.05) is 0 Å². The third-order valence-corrected chi connectivity index (χ3v) is 4.11. The number of halogens is 2. The van der Waals surface area contributed by atoms with Crippen LogP contribution in [0.25, 0.3) is 0 Å². The summed E-state index contributed by atoms with van der Waals surface area (Å²) in [5.74, 6) is 0.834. The van der Waals surface area contributed by atoms with Crippen LogP contribution in [-0.4, -0.2) is 16.7 Å². The van der Waals surface area contributed by atoms with Crippen molar-refractivity contribution in [3.05, 3.63) is 58.1 Å². The van der Waals surface area contributed by atoms with Crippen LogP contribution in [0.3, 0.4) is 0 Å². The molecule has 0 saturated carbocycles. The summed E-state index contributed by atoms with van der Waals surface area (Å²) in [5.41, 5.74) is 1.90. The fraction of sp³-hybridized carbons (Fsp3) is 0.133. The standard InChI is InChI=1S/C15H11Cl2N3S/c16-11-6-5-9(7-12(11)17)8-18-14-10-3-1-2-4-13(10)19-15(21)20-14/h1-7,10H,8H2,(H,18,20,21). The van der Waals surface area contributed by atoms with Crippen molar-refractivity contribution in [3.63, 3.8) is 0 Å². The number of nitrogens with zero attached hydrogens (tertiary/aromatic N) is 2. The molecule has 1 aliphatic carbocycles. The summed E-state index contributed by atoms with van der Waals surface area (Å²) in [4.78, 5) is 8.92. The lowest BCUT2D eigenvalue weighted by molar-refractivity contribution is 0.987. The number of allylic oxidation sites excluding steroid dienone is 3. The Morgan fingerprint density at radius 1 is 1.24 bits per heavy atom. The van der Waals surface area contributed by atoms with Crippen LogP contribution in [0.1, 0.15) is 5.56 Å². The minimum absolute atomic E-state index is 0.0319. The number of thiocarbonyl (C=S) groups is 1. The van der Waals surface area contributed by atoms with E-state index in [0.29, 0.717) is 21.7 Å². The van der Waals surface area contributed by atoms with Crippen LogP contribution < -0.4 is 5.32 Å². The van der Waals surface area contributed by atoms with Crippen LogP contribution in [0, 0.1) is 5.92 Å². The van der Waals surface area contributed by atoms with Gasteiger partial charge in [0.2, 0.25) is 0 Å². The molecule has 106 valence electrons. The molecule has 0 fully saturated rings. The van der Waals surface area contributed by atoms with Gasteiger partial charge in [-0.3, -0.25) is 4.99 Å². The van der Waals surface area contributed by atoms with Gasteiger partial charge in [-0.2, -0.15) is 0 Å². The second-order valence-electron chi connectivity index (χ2n) is 4.64. The first-order valence-corrected chi connectivity index (χ1v) is 7.52. The van der Waals surface area contributed by atoms with Gasteiger partial charge in [-0.1, -0.05) is 47.5 Å². The van der Waals surface area contributed by atoms with E-state index in [4.69, 9.17) is 35.4 Å². The topological polar surface area (TPSA) is 36.8 Å². The number of benzene rings is 1. The predicted molar refractivity (Wildman–Crippen MR) is 92.5 cm³/mol. The van der Waals surface area contributed by atoms with Gasteiger partial charge in [0.25, 0.3) is 0 Å². The Labute approximate surface area is 138 Å². The largest absolute Gasteiger partial charge is 0.319 e. The van der Waals surface area contributed by atoms with E-state index in [-0.39, 0.29) is 5.92 Å². The van der Waals surface area contributed by atoms with Gasteiger partial charge in [-0.05, 0) is 36.0 Å². The lowest BCUT2D eigenvalue weighted by Gasteiger charge is -2.24. The van der Waals surface area contributed by atoms with E-state index in [2.05, 4.69) is 15.3 Å². The van der Waals surface area contributed by atoms with Gasteiger partial charge in [-0.25, -0.2) is 4.99 Å². The van der Waals surface area contributed by atoms with E-state index >= 15 is 0 Å². The van der Waals surface area contributed by atoms with Crippen molar-refractivity contribution in [2.45, 2.75) is 6.54 Å². The first kappa shape index (κ1) is 14.4. The Balaban J connectivity index is 1.84. The Bertz CT molecular complexity index is 720. The van der Waals surface area contributed by atoms with E-state index in [1.807, 2.05) is 36.4 Å². The van der Waals surface area contributed by atoms with Crippen LogP contribution in [0.2, 0.25) is 10.0 Å². The zero-order valence-electron chi connectivity index (χ0n) is 10.9. The molecule has 6 heteroatoms. The van der Waals surface area contributed by atoms with Gasteiger partial charge in [0, 0.05) is 0 Å². The number of rotatable bonds is 2. The Morgan fingerprint density at radius 3 is 2.90 bits per heavy atom. The summed E-state index contributed by atoms with van der Waals surface area (Å²) in [7, 11) is 0. The van der Waals surface area contributed by atoms with E-state index in [9.17, 15) is 0 Å². The van der Waals surface area contributed by atoms with Crippen LogP contribution in [-0.2, 0) is 6.54 Å². The smallest absolute Gasteiger partial charge is 0.198 e. The molecule has 3 rings (SSSR count). The quantitative estimate of drug-likeness (QED) is 0.830. The van der Waals surface area contributed by atoms with Crippen molar-refractivity contribution in [1.82, 2.24) is 5.32 Å². The van der Waals surface area contributed by atoms with Crippen molar-refractivity contribution in [1.29, 1.82) is 0 Å². The highest BCUT2D eigenvalue weighted by Crippen LogP contribution is 2.23. The van der Waals surface area contributed by atoms with Gasteiger partial charge in [0.1, 0.15) is 5.84 Å². The fourth-order valence-electron chi connectivity index (χ4n) is 2.15. The molecular formula is C15H11Cl2N3S. The van der Waals surface area contributed by atoms with Crippen LogP contribution in [0.4, 0.5) is 0 Å². The van der Waals surface area contributed by atoms with E-state index in [1.165, 1.54) is 0 Å². The molecule has 1 aliphatic heterocycles.